The molecule has 1 aliphatic heterocycles. The fourth-order valence-electron chi connectivity index (χ4n) is 2.47. The van der Waals surface area contributed by atoms with Crippen LogP contribution in [0.2, 0.25) is 0 Å². The van der Waals surface area contributed by atoms with Crippen molar-refractivity contribution in [3.63, 3.8) is 0 Å². The van der Waals surface area contributed by atoms with Crippen LogP contribution < -0.4 is 0 Å². The van der Waals surface area contributed by atoms with Gasteiger partial charge in [0.05, 0.1) is 11.6 Å². The zero-order chi connectivity index (χ0) is 14.7. The first-order chi connectivity index (χ1) is 10.3. The van der Waals surface area contributed by atoms with Crippen LogP contribution in [0.1, 0.15) is 33.5 Å². The smallest absolute Gasteiger partial charge is 0.193 e. The molecule has 0 atom stereocenters. The van der Waals surface area contributed by atoms with Gasteiger partial charge in [-0.1, -0.05) is 18.2 Å². The lowest BCUT2D eigenvalue weighted by molar-refractivity contribution is 0.103. The number of benzene rings is 2. The van der Waals surface area contributed by atoms with Gasteiger partial charge in [0.2, 0.25) is 0 Å². The van der Waals surface area contributed by atoms with Gasteiger partial charge in [-0.15, -0.1) is 0 Å². The molecule has 0 spiro atoms. The van der Waals surface area contributed by atoms with Crippen molar-refractivity contribution in [2.24, 2.45) is 0 Å². The Balaban J connectivity index is 1.79. The van der Waals surface area contributed by atoms with Gasteiger partial charge in [-0.3, -0.25) is 9.69 Å². The fraction of sp³-hybridized carbons (Fsp3) is 0.222. The standard InChI is InChI=1S/C18H16N2O/c19-12-14-5-7-16(8-6-14)18(21)17-4-1-3-15(11-17)13-20-9-2-10-20/h1,3-8,11H,2,9-10,13H2. The first-order valence-corrected chi connectivity index (χ1v) is 7.12. The summed E-state index contributed by atoms with van der Waals surface area (Å²) in [4.78, 5) is 14.8. The van der Waals surface area contributed by atoms with Crippen LogP contribution >= 0.6 is 0 Å². The molecule has 3 heteroatoms. The number of nitrogens with zero attached hydrogens (tertiary/aromatic N) is 2. The molecule has 3 rings (SSSR count). The van der Waals surface area contributed by atoms with Gasteiger partial charge in [0, 0.05) is 17.7 Å². The quantitative estimate of drug-likeness (QED) is 0.806. The molecule has 2 aromatic rings. The second-order valence-electron chi connectivity index (χ2n) is 5.35. The van der Waals surface area contributed by atoms with E-state index in [1.807, 2.05) is 18.2 Å². The van der Waals surface area contributed by atoms with E-state index in [1.54, 1.807) is 24.3 Å². The van der Waals surface area contributed by atoms with Crippen molar-refractivity contribution in [1.82, 2.24) is 4.90 Å². The summed E-state index contributed by atoms with van der Waals surface area (Å²) in [5.74, 6) is 0.00458. The van der Waals surface area contributed by atoms with E-state index in [9.17, 15) is 4.79 Å². The lowest BCUT2D eigenvalue weighted by Gasteiger charge is -2.30. The van der Waals surface area contributed by atoms with E-state index in [0.717, 1.165) is 19.6 Å². The lowest BCUT2D eigenvalue weighted by atomic mass is 10.00. The van der Waals surface area contributed by atoms with Crippen LogP contribution in [-0.4, -0.2) is 23.8 Å². The highest BCUT2D eigenvalue weighted by molar-refractivity contribution is 6.09. The Hall–Kier alpha value is -2.44. The molecule has 3 nitrogen and oxygen atoms in total. The maximum absolute atomic E-state index is 12.5. The van der Waals surface area contributed by atoms with Crippen LogP contribution in [0.15, 0.2) is 48.5 Å². The van der Waals surface area contributed by atoms with E-state index in [2.05, 4.69) is 17.0 Å². The largest absolute Gasteiger partial charge is 0.299 e. The van der Waals surface area contributed by atoms with Crippen LogP contribution in [0.4, 0.5) is 0 Å². The van der Waals surface area contributed by atoms with Gasteiger partial charge >= 0.3 is 0 Å². The number of carbonyl (C=O) groups is 1. The van der Waals surface area contributed by atoms with Gasteiger partial charge < -0.3 is 0 Å². The SMILES string of the molecule is N#Cc1ccc(C(=O)c2cccc(CN3CCC3)c2)cc1. The maximum atomic E-state index is 12.5. The zero-order valence-corrected chi connectivity index (χ0v) is 11.7. The van der Waals surface area contributed by atoms with Crippen LogP contribution in [0.3, 0.4) is 0 Å². The Labute approximate surface area is 124 Å². The third-order valence-electron chi connectivity index (χ3n) is 3.82. The lowest BCUT2D eigenvalue weighted by Crippen LogP contribution is -2.36. The summed E-state index contributed by atoms with van der Waals surface area (Å²) in [6, 6.07) is 16.7. The first kappa shape index (κ1) is 13.5. The number of ketones is 1. The summed E-state index contributed by atoms with van der Waals surface area (Å²) in [6.45, 7) is 3.20. The number of hydrogen-bond acceptors (Lipinski definition) is 3. The van der Waals surface area contributed by atoms with Crippen molar-refractivity contribution in [2.75, 3.05) is 13.1 Å². The summed E-state index contributed by atoms with van der Waals surface area (Å²) < 4.78 is 0. The molecular weight excluding hydrogens is 260 g/mol. The number of likely N-dealkylation sites (tertiary alicyclic amines) is 1. The molecule has 1 fully saturated rings. The highest BCUT2D eigenvalue weighted by Crippen LogP contribution is 2.16. The number of rotatable bonds is 4. The van der Waals surface area contributed by atoms with Crippen molar-refractivity contribution in [3.05, 3.63) is 70.8 Å². The van der Waals surface area contributed by atoms with Gasteiger partial charge in [0.15, 0.2) is 5.78 Å². The Morgan fingerprint density at radius 3 is 2.48 bits per heavy atom. The van der Waals surface area contributed by atoms with Crippen molar-refractivity contribution in [1.29, 1.82) is 5.26 Å². The molecule has 0 unspecified atom stereocenters. The molecule has 1 aliphatic rings. The molecule has 0 bridgehead atoms. The third-order valence-corrected chi connectivity index (χ3v) is 3.82. The normalized spacial score (nSPS) is 14.2. The molecule has 0 radical (unpaired) electrons. The molecule has 0 saturated carbocycles. The maximum Gasteiger partial charge on any atom is 0.193 e. The minimum atomic E-state index is 0.00458. The van der Waals surface area contributed by atoms with E-state index in [0.29, 0.717) is 16.7 Å². The van der Waals surface area contributed by atoms with Crippen molar-refractivity contribution >= 4 is 5.78 Å². The predicted octanol–water partition coefficient (Wildman–Crippen LogP) is 2.99. The van der Waals surface area contributed by atoms with Crippen LogP contribution in [-0.2, 0) is 6.54 Å². The van der Waals surface area contributed by atoms with Crippen molar-refractivity contribution in [2.45, 2.75) is 13.0 Å². The molecule has 21 heavy (non-hydrogen) atoms. The highest BCUT2D eigenvalue weighted by atomic mass is 16.1. The summed E-state index contributed by atoms with van der Waals surface area (Å²) in [7, 11) is 0. The molecule has 1 heterocycles. The van der Waals surface area contributed by atoms with Gasteiger partial charge in [0.25, 0.3) is 0 Å². The second-order valence-corrected chi connectivity index (χ2v) is 5.35. The molecule has 1 saturated heterocycles. The van der Waals surface area contributed by atoms with Crippen molar-refractivity contribution < 1.29 is 4.79 Å². The van der Waals surface area contributed by atoms with Crippen LogP contribution in [0, 0.1) is 11.3 Å². The molecule has 0 amide bonds. The summed E-state index contributed by atoms with van der Waals surface area (Å²) in [5, 5.41) is 8.79. The number of nitriles is 1. The molecule has 0 aromatic heterocycles. The Kier molecular flexibility index (Phi) is 3.81. The summed E-state index contributed by atoms with van der Waals surface area (Å²) in [6.07, 6.45) is 1.27. The van der Waals surface area contributed by atoms with E-state index >= 15 is 0 Å². The predicted molar refractivity (Wildman–Crippen MR) is 80.9 cm³/mol. The molecule has 2 aromatic carbocycles. The number of carbonyl (C=O) groups excluding carboxylic acids is 1. The molecular formula is C18H16N2O. The third kappa shape index (κ3) is 3.01. The van der Waals surface area contributed by atoms with Crippen molar-refractivity contribution in [3.8, 4) is 6.07 Å². The molecule has 0 N–H and O–H groups in total. The van der Waals surface area contributed by atoms with Gasteiger partial charge in [-0.2, -0.15) is 5.26 Å². The first-order valence-electron chi connectivity index (χ1n) is 7.12. The zero-order valence-electron chi connectivity index (χ0n) is 11.7. The van der Waals surface area contributed by atoms with E-state index < -0.39 is 0 Å². The number of hydrogen-bond donors (Lipinski definition) is 0. The van der Waals surface area contributed by atoms with Crippen LogP contribution in [0.5, 0.6) is 0 Å². The van der Waals surface area contributed by atoms with Crippen LogP contribution in [0.25, 0.3) is 0 Å². The van der Waals surface area contributed by atoms with Gasteiger partial charge in [0.1, 0.15) is 0 Å². The minimum Gasteiger partial charge on any atom is -0.299 e. The van der Waals surface area contributed by atoms with Gasteiger partial charge in [-0.25, -0.2) is 0 Å². The molecule has 104 valence electrons. The Morgan fingerprint density at radius 2 is 1.86 bits per heavy atom. The van der Waals surface area contributed by atoms with E-state index in [-0.39, 0.29) is 5.78 Å². The Bertz CT molecular complexity index is 694. The van der Waals surface area contributed by atoms with E-state index in [4.69, 9.17) is 5.26 Å². The fourth-order valence-corrected chi connectivity index (χ4v) is 2.47. The van der Waals surface area contributed by atoms with E-state index in [1.165, 1.54) is 12.0 Å². The topological polar surface area (TPSA) is 44.1 Å². The minimum absolute atomic E-state index is 0.00458. The summed E-state index contributed by atoms with van der Waals surface area (Å²) in [5.41, 5.74) is 3.07. The summed E-state index contributed by atoms with van der Waals surface area (Å²) >= 11 is 0. The average molecular weight is 276 g/mol. The molecule has 0 aliphatic carbocycles. The monoisotopic (exact) mass is 276 g/mol. The second kappa shape index (κ2) is 5.90. The van der Waals surface area contributed by atoms with Gasteiger partial charge in [-0.05, 0) is 55.4 Å². The average Bonchev–Trinajstić information content (AvgIpc) is 2.51. The Morgan fingerprint density at radius 1 is 1.10 bits per heavy atom. The highest BCUT2D eigenvalue weighted by Gasteiger charge is 2.15.